The Bertz CT molecular complexity index is 821. The average molecular weight is 392 g/mol. The first-order valence-corrected chi connectivity index (χ1v) is 9.07. The fraction of sp³-hybridized carbons (Fsp3) is 0.111. The van der Waals surface area contributed by atoms with E-state index in [4.69, 9.17) is 33.3 Å². The van der Waals surface area contributed by atoms with E-state index in [1.807, 2.05) is 42.5 Å². The first-order chi connectivity index (χ1) is 12.1. The van der Waals surface area contributed by atoms with Gasteiger partial charge in [0.25, 0.3) is 5.91 Å². The highest BCUT2D eigenvalue weighted by molar-refractivity contribution is 8.26. The molecule has 25 heavy (non-hydrogen) atoms. The van der Waals surface area contributed by atoms with E-state index in [0.29, 0.717) is 33.2 Å². The largest absolute Gasteiger partial charge is 0.490 e. The lowest BCUT2D eigenvalue weighted by Crippen LogP contribution is -2.17. The van der Waals surface area contributed by atoms with Gasteiger partial charge in [-0.2, -0.15) is 0 Å². The topological polar surface area (TPSA) is 47.6 Å². The van der Waals surface area contributed by atoms with Crippen molar-refractivity contribution in [1.82, 2.24) is 5.32 Å². The summed E-state index contributed by atoms with van der Waals surface area (Å²) in [5, 5.41) is 3.17. The van der Waals surface area contributed by atoms with Gasteiger partial charge < -0.3 is 14.8 Å². The highest BCUT2D eigenvalue weighted by Crippen LogP contribution is 2.26. The van der Waals surface area contributed by atoms with Crippen molar-refractivity contribution in [1.29, 1.82) is 0 Å². The highest BCUT2D eigenvalue weighted by Gasteiger charge is 2.21. The Labute approximate surface area is 160 Å². The fourth-order valence-corrected chi connectivity index (χ4v) is 3.34. The zero-order valence-corrected chi connectivity index (χ0v) is 15.4. The van der Waals surface area contributed by atoms with Crippen LogP contribution in [0.3, 0.4) is 0 Å². The number of ether oxygens (including phenoxy) is 2. The summed E-state index contributed by atoms with van der Waals surface area (Å²) in [5.74, 6) is 1.20. The minimum atomic E-state index is -0.160. The molecule has 2 aromatic carbocycles. The van der Waals surface area contributed by atoms with Crippen LogP contribution in [-0.4, -0.2) is 23.4 Å². The van der Waals surface area contributed by atoms with Gasteiger partial charge in [-0.05, 0) is 35.9 Å². The van der Waals surface area contributed by atoms with Gasteiger partial charge in [-0.3, -0.25) is 4.79 Å². The number of nitrogens with one attached hydrogen (secondary N) is 1. The van der Waals surface area contributed by atoms with Crippen LogP contribution in [0.4, 0.5) is 0 Å². The normalized spacial score (nSPS) is 15.3. The van der Waals surface area contributed by atoms with Crippen LogP contribution in [0.25, 0.3) is 6.08 Å². The van der Waals surface area contributed by atoms with Crippen LogP contribution in [0, 0.1) is 0 Å². The molecule has 1 N–H and O–H groups in total. The van der Waals surface area contributed by atoms with E-state index in [2.05, 4.69) is 5.32 Å². The van der Waals surface area contributed by atoms with Crippen LogP contribution in [0.15, 0.2) is 53.4 Å². The third-order valence-corrected chi connectivity index (χ3v) is 4.74. The zero-order valence-electron chi connectivity index (χ0n) is 13.0. The van der Waals surface area contributed by atoms with Crippen LogP contribution in [-0.2, 0) is 4.79 Å². The van der Waals surface area contributed by atoms with Gasteiger partial charge in [0, 0.05) is 0 Å². The van der Waals surface area contributed by atoms with Gasteiger partial charge in [0.15, 0.2) is 0 Å². The number of thioether (sulfide) groups is 1. The highest BCUT2D eigenvalue weighted by atomic mass is 35.5. The van der Waals surface area contributed by atoms with Crippen LogP contribution >= 0.6 is 35.6 Å². The second-order valence-electron chi connectivity index (χ2n) is 5.05. The SMILES string of the molecule is O=C1NC(=S)S/C1=C/c1ccc(OCCOc2ccccc2Cl)cc1. The second-order valence-corrected chi connectivity index (χ2v) is 7.17. The number of carbonyl (C=O) groups is 1. The maximum Gasteiger partial charge on any atom is 0.263 e. The maximum atomic E-state index is 11.6. The number of hydrogen-bond donors (Lipinski definition) is 1. The predicted molar refractivity (Wildman–Crippen MR) is 105 cm³/mol. The summed E-state index contributed by atoms with van der Waals surface area (Å²) in [6.45, 7) is 0.794. The number of halogens is 1. The van der Waals surface area contributed by atoms with E-state index in [1.54, 1.807) is 12.1 Å². The monoisotopic (exact) mass is 391 g/mol. The number of amides is 1. The standard InChI is InChI=1S/C18H14ClNO3S2/c19-14-3-1-2-4-15(14)23-10-9-22-13-7-5-12(6-8-13)11-16-17(21)20-18(24)25-16/h1-8,11H,9-10H2,(H,20,21,24)/b16-11+. The van der Waals surface area contributed by atoms with E-state index < -0.39 is 0 Å². The molecule has 1 aliphatic rings. The Morgan fingerprint density at radius 1 is 1.08 bits per heavy atom. The van der Waals surface area contributed by atoms with E-state index in [1.165, 1.54) is 11.8 Å². The van der Waals surface area contributed by atoms with E-state index in [-0.39, 0.29) is 5.91 Å². The Kier molecular flexibility index (Phi) is 5.96. The molecule has 0 unspecified atom stereocenters. The quantitative estimate of drug-likeness (QED) is 0.452. The molecule has 0 saturated carbocycles. The van der Waals surface area contributed by atoms with Gasteiger partial charge >= 0.3 is 0 Å². The molecule has 2 aromatic rings. The molecule has 0 bridgehead atoms. The van der Waals surface area contributed by atoms with Gasteiger partial charge in [0.2, 0.25) is 0 Å². The van der Waals surface area contributed by atoms with Crippen molar-refractivity contribution in [2.45, 2.75) is 0 Å². The van der Waals surface area contributed by atoms with Crippen molar-refractivity contribution in [2.75, 3.05) is 13.2 Å². The summed E-state index contributed by atoms with van der Waals surface area (Å²) in [6.07, 6.45) is 1.80. The second kappa shape index (κ2) is 8.38. The number of thiocarbonyl (C=S) groups is 1. The molecule has 4 nitrogen and oxygen atoms in total. The Morgan fingerprint density at radius 2 is 1.80 bits per heavy atom. The van der Waals surface area contributed by atoms with Gasteiger partial charge in [-0.15, -0.1) is 0 Å². The summed E-state index contributed by atoms with van der Waals surface area (Å²) in [4.78, 5) is 12.2. The minimum Gasteiger partial charge on any atom is -0.490 e. The van der Waals surface area contributed by atoms with E-state index in [0.717, 1.165) is 11.3 Å². The van der Waals surface area contributed by atoms with Crippen molar-refractivity contribution >= 4 is 51.9 Å². The molecular formula is C18H14ClNO3S2. The number of benzene rings is 2. The lowest BCUT2D eigenvalue weighted by Gasteiger charge is -2.09. The van der Waals surface area contributed by atoms with Crippen LogP contribution < -0.4 is 14.8 Å². The molecule has 1 saturated heterocycles. The average Bonchev–Trinajstić information content (AvgIpc) is 2.92. The molecule has 1 fully saturated rings. The van der Waals surface area contributed by atoms with Crippen molar-refractivity contribution < 1.29 is 14.3 Å². The molecule has 0 spiro atoms. The van der Waals surface area contributed by atoms with Crippen molar-refractivity contribution in [3.05, 3.63) is 64.0 Å². The number of carbonyl (C=O) groups excluding carboxylic acids is 1. The molecule has 128 valence electrons. The van der Waals surface area contributed by atoms with Crippen LogP contribution in [0.5, 0.6) is 11.5 Å². The number of para-hydroxylation sites is 1. The lowest BCUT2D eigenvalue weighted by atomic mass is 10.2. The summed E-state index contributed by atoms with van der Waals surface area (Å²) < 4.78 is 11.7. The summed E-state index contributed by atoms with van der Waals surface area (Å²) in [6, 6.07) is 14.8. The van der Waals surface area contributed by atoms with Crippen molar-refractivity contribution in [3.63, 3.8) is 0 Å². The Hall–Kier alpha value is -2.02. The number of rotatable bonds is 6. The predicted octanol–water partition coefficient (Wildman–Crippen LogP) is 4.29. The summed E-state index contributed by atoms with van der Waals surface area (Å²) in [5.41, 5.74) is 0.905. The first kappa shape index (κ1) is 17.8. The molecule has 3 rings (SSSR count). The third-order valence-electron chi connectivity index (χ3n) is 3.27. The fourth-order valence-electron chi connectivity index (χ4n) is 2.11. The molecule has 1 heterocycles. The molecule has 7 heteroatoms. The minimum absolute atomic E-state index is 0.160. The zero-order chi connectivity index (χ0) is 17.6. The molecule has 0 atom stereocenters. The van der Waals surface area contributed by atoms with Gasteiger partial charge in [-0.1, -0.05) is 59.8 Å². The number of hydrogen-bond acceptors (Lipinski definition) is 5. The molecular weight excluding hydrogens is 378 g/mol. The first-order valence-electron chi connectivity index (χ1n) is 7.47. The molecule has 1 amide bonds. The van der Waals surface area contributed by atoms with Crippen LogP contribution in [0.1, 0.15) is 5.56 Å². The van der Waals surface area contributed by atoms with Crippen LogP contribution in [0.2, 0.25) is 5.02 Å². The smallest absolute Gasteiger partial charge is 0.263 e. The van der Waals surface area contributed by atoms with Gasteiger partial charge in [0.1, 0.15) is 29.0 Å². The molecule has 0 radical (unpaired) electrons. The Morgan fingerprint density at radius 3 is 2.48 bits per heavy atom. The van der Waals surface area contributed by atoms with Crippen molar-refractivity contribution in [3.8, 4) is 11.5 Å². The van der Waals surface area contributed by atoms with Crippen molar-refractivity contribution in [2.24, 2.45) is 0 Å². The third kappa shape index (κ3) is 4.98. The molecule has 0 aliphatic carbocycles. The lowest BCUT2D eigenvalue weighted by molar-refractivity contribution is -0.115. The molecule has 1 aliphatic heterocycles. The van der Waals surface area contributed by atoms with Gasteiger partial charge in [-0.25, -0.2) is 0 Å². The molecule has 0 aromatic heterocycles. The summed E-state index contributed by atoms with van der Waals surface area (Å²) in [7, 11) is 0. The van der Waals surface area contributed by atoms with E-state index >= 15 is 0 Å². The Balaban J connectivity index is 1.50. The summed E-state index contributed by atoms with van der Waals surface area (Å²) >= 11 is 12.2. The van der Waals surface area contributed by atoms with E-state index in [9.17, 15) is 4.79 Å². The van der Waals surface area contributed by atoms with Gasteiger partial charge in [0.05, 0.1) is 9.93 Å². The maximum absolute atomic E-state index is 11.6.